The maximum atomic E-state index is 14.2. The molecule has 0 aliphatic heterocycles. The lowest BCUT2D eigenvalue weighted by molar-refractivity contribution is -0.140. The Labute approximate surface area is 260 Å². The van der Waals surface area contributed by atoms with E-state index in [1.807, 2.05) is 54.6 Å². The molecule has 1 aliphatic carbocycles. The molecule has 1 aliphatic rings. The standard InChI is InChI=1S/C30H32BrCl2N3O4S/c1-41(39,40)36(27-15-14-24(32)18-26(27)33)20-29(37)35(19-22-10-7-11-23(31)16-22)28(17-21-8-3-2-4-9-21)30(38)34-25-12-5-6-13-25/h2-4,7-11,14-16,18,25,28H,5-6,12-13,17,19-20H2,1H3,(H,34,38)/t28-/m1/s1. The van der Waals surface area contributed by atoms with E-state index < -0.39 is 28.5 Å². The minimum atomic E-state index is -3.93. The van der Waals surface area contributed by atoms with Crippen molar-refractivity contribution in [2.75, 3.05) is 17.1 Å². The van der Waals surface area contributed by atoms with Crippen LogP contribution in [0.15, 0.2) is 77.3 Å². The quantitative estimate of drug-likeness (QED) is 0.261. The van der Waals surface area contributed by atoms with Gasteiger partial charge in [-0.05, 0) is 54.3 Å². The minimum Gasteiger partial charge on any atom is -0.352 e. The summed E-state index contributed by atoms with van der Waals surface area (Å²) < 4.78 is 27.6. The van der Waals surface area contributed by atoms with Gasteiger partial charge < -0.3 is 10.2 Å². The van der Waals surface area contributed by atoms with Gasteiger partial charge in [-0.2, -0.15) is 0 Å². The van der Waals surface area contributed by atoms with E-state index in [-0.39, 0.29) is 35.6 Å². The highest BCUT2D eigenvalue weighted by Gasteiger charge is 2.34. The maximum absolute atomic E-state index is 14.2. The zero-order valence-electron chi connectivity index (χ0n) is 22.6. The number of anilines is 1. The van der Waals surface area contributed by atoms with Crippen molar-refractivity contribution in [1.82, 2.24) is 10.2 Å². The van der Waals surface area contributed by atoms with E-state index in [2.05, 4.69) is 21.2 Å². The van der Waals surface area contributed by atoms with E-state index in [9.17, 15) is 18.0 Å². The lowest BCUT2D eigenvalue weighted by atomic mass is 10.0. The van der Waals surface area contributed by atoms with Crippen LogP contribution in [0.2, 0.25) is 10.0 Å². The summed E-state index contributed by atoms with van der Waals surface area (Å²) in [6.07, 6.45) is 5.14. The summed E-state index contributed by atoms with van der Waals surface area (Å²) >= 11 is 15.9. The van der Waals surface area contributed by atoms with Gasteiger partial charge in [0, 0.05) is 28.5 Å². The van der Waals surface area contributed by atoms with Crippen molar-refractivity contribution in [2.45, 2.75) is 50.7 Å². The third kappa shape index (κ3) is 8.70. The Hall–Kier alpha value is -2.59. The monoisotopic (exact) mass is 679 g/mol. The number of rotatable bonds is 11. The van der Waals surface area contributed by atoms with E-state index in [0.717, 1.165) is 51.8 Å². The van der Waals surface area contributed by atoms with Crippen molar-refractivity contribution in [3.63, 3.8) is 0 Å². The number of carbonyl (C=O) groups excluding carboxylic acids is 2. The van der Waals surface area contributed by atoms with Gasteiger partial charge >= 0.3 is 0 Å². The molecule has 41 heavy (non-hydrogen) atoms. The average molecular weight is 681 g/mol. The first-order valence-corrected chi connectivity index (χ1v) is 16.7. The van der Waals surface area contributed by atoms with Crippen LogP contribution in [0.3, 0.4) is 0 Å². The highest BCUT2D eigenvalue weighted by atomic mass is 79.9. The van der Waals surface area contributed by atoms with Crippen LogP contribution in [-0.2, 0) is 32.6 Å². The Bertz CT molecular complexity index is 1480. The van der Waals surface area contributed by atoms with E-state index in [0.29, 0.717) is 5.02 Å². The van der Waals surface area contributed by atoms with Crippen LogP contribution in [0.5, 0.6) is 0 Å². The average Bonchev–Trinajstić information content (AvgIpc) is 3.42. The van der Waals surface area contributed by atoms with E-state index in [1.54, 1.807) is 0 Å². The maximum Gasteiger partial charge on any atom is 0.244 e. The van der Waals surface area contributed by atoms with Gasteiger partial charge in [-0.3, -0.25) is 13.9 Å². The minimum absolute atomic E-state index is 0.0454. The van der Waals surface area contributed by atoms with Crippen molar-refractivity contribution >= 4 is 66.7 Å². The normalized spacial score (nSPS) is 14.4. The molecule has 0 saturated heterocycles. The summed E-state index contributed by atoms with van der Waals surface area (Å²) in [4.78, 5) is 29.5. The molecule has 218 valence electrons. The fourth-order valence-corrected chi connectivity index (χ4v) is 6.90. The second-order valence-electron chi connectivity index (χ2n) is 10.2. The molecule has 0 heterocycles. The Kier molecular flexibility index (Phi) is 10.7. The van der Waals surface area contributed by atoms with Crippen LogP contribution >= 0.6 is 39.1 Å². The number of amides is 2. The largest absolute Gasteiger partial charge is 0.352 e. The molecule has 0 radical (unpaired) electrons. The first-order chi connectivity index (χ1) is 19.5. The Morgan fingerprint density at radius 2 is 1.66 bits per heavy atom. The number of nitrogens with one attached hydrogen (secondary N) is 1. The van der Waals surface area contributed by atoms with Crippen molar-refractivity contribution < 1.29 is 18.0 Å². The number of benzene rings is 3. The number of halogens is 3. The lowest BCUT2D eigenvalue weighted by Gasteiger charge is -2.34. The van der Waals surface area contributed by atoms with Gasteiger partial charge in [-0.1, -0.05) is 94.4 Å². The zero-order chi connectivity index (χ0) is 29.6. The third-order valence-corrected chi connectivity index (χ3v) is 9.23. The summed E-state index contributed by atoms with van der Waals surface area (Å²) in [5, 5.41) is 3.58. The molecule has 0 aromatic heterocycles. The van der Waals surface area contributed by atoms with Gasteiger partial charge in [0.25, 0.3) is 0 Å². The SMILES string of the molecule is CS(=O)(=O)N(CC(=O)N(Cc1cccc(Br)c1)[C@H](Cc1ccccc1)C(=O)NC1CCCC1)c1ccc(Cl)cc1Cl. The molecule has 0 bridgehead atoms. The van der Waals surface area contributed by atoms with Gasteiger partial charge in [-0.25, -0.2) is 8.42 Å². The first kappa shape index (κ1) is 31.3. The number of hydrogen-bond donors (Lipinski definition) is 1. The first-order valence-electron chi connectivity index (χ1n) is 13.3. The van der Waals surface area contributed by atoms with E-state index >= 15 is 0 Å². The lowest BCUT2D eigenvalue weighted by Crippen LogP contribution is -2.54. The van der Waals surface area contributed by atoms with Crippen LogP contribution in [0.1, 0.15) is 36.8 Å². The molecule has 2 amide bonds. The van der Waals surface area contributed by atoms with Crippen LogP contribution in [0.25, 0.3) is 0 Å². The predicted molar refractivity (Wildman–Crippen MR) is 168 cm³/mol. The summed E-state index contributed by atoms with van der Waals surface area (Å²) in [6, 6.07) is 20.5. The van der Waals surface area contributed by atoms with Crippen molar-refractivity contribution in [1.29, 1.82) is 0 Å². The Balaban J connectivity index is 1.74. The van der Waals surface area contributed by atoms with Crippen LogP contribution in [0.4, 0.5) is 5.69 Å². The van der Waals surface area contributed by atoms with Gasteiger partial charge in [-0.15, -0.1) is 0 Å². The van der Waals surface area contributed by atoms with Crippen LogP contribution < -0.4 is 9.62 Å². The molecule has 4 rings (SSSR count). The summed E-state index contributed by atoms with van der Waals surface area (Å²) in [7, 11) is -3.93. The Morgan fingerprint density at radius 1 is 0.976 bits per heavy atom. The molecule has 0 unspecified atom stereocenters. The third-order valence-electron chi connectivity index (χ3n) is 7.07. The van der Waals surface area contributed by atoms with Gasteiger partial charge in [0.15, 0.2) is 0 Å². The molecule has 7 nitrogen and oxygen atoms in total. The fraction of sp³-hybridized carbons (Fsp3) is 0.333. The molecule has 3 aromatic rings. The summed E-state index contributed by atoms with van der Waals surface area (Å²) in [6.45, 7) is -0.448. The Morgan fingerprint density at radius 3 is 2.29 bits per heavy atom. The van der Waals surface area contributed by atoms with Crippen molar-refractivity contribution in [3.8, 4) is 0 Å². The molecule has 3 aromatic carbocycles. The predicted octanol–water partition coefficient (Wildman–Crippen LogP) is 6.22. The van der Waals surface area contributed by atoms with Crippen molar-refractivity contribution in [3.05, 3.63) is 98.4 Å². The second-order valence-corrected chi connectivity index (χ2v) is 13.9. The summed E-state index contributed by atoms with van der Waals surface area (Å²) in [5.74, 6) is -0.802. The topological polar surface area (TPSA) is 86.8 Å². The molecular formula is C30H32BrCl2N3O4S. The molecule has 11 heteroatoms. The molecule has 1 fully saturated rings. The molecule has 1 atom stereocenters. The van der Waals surface area contributed by atoms with Crippen LogP contribution in [-0.4, -0.2) is 50.0 Å². The number of sulfonamides is 1. The zero-order valence-corrected chi connectivity index (χ0v) is 26.5. The molecular weight excluding hydrogens is 649 g/mol. The number of carbonyl (C=O) groups is 2. The number of nitrogens with zero attached hydrogens (tertiary/aromatic N) is 2. The number of hydrogen-bond acceptors (Lipinski definition) is 4. The second kappa shape index (κ2) is 14.1. The smallest absolute Gasteiger partial charge is 0.244 e. The van der Waals surface area contributed by atoms with Gasteiger partial charge in [0.1, 0.15) is 12.6 Å². The van der Waals surface area contributed by atoms with E-state index in [4.69, 9.17) is 23.2 Å². The molecule has 1 N–H and O–H groups in total. The van der Waals surface area contributed by atoms with Gasteiger partial charge in [0.05, 0.1) is 17.0 Å². The van der Waals surface area contributed by atoms with Crippen molar-refractivity contribution in [2.24, 2.45) is 0 Å². The molecule has 1 saturated carbocycles. The molecule has 0 spiro atoms. The van der Waals surface area contributed by atoms with Gasteiger partial charge in [0.2, 0.25) is 21.8 Å². The van der Waals surface area contributed by atoms with E-state index in [1.165, 1.54) is 23.1 Å². The van der Waals surface area contributed by atoms with Crippen LogP contribution in [0, 0.1) is 0 Å². The summed E-state index contributed by atoms with van der Waals surface area (Å²) in [5.41, 5.74) is 1.80. The highest BCUT2D eigenvalue weighted by Crippen LogP contribution is 2.31. The highest BCUT2D eigenvalue weighted by molar-refractivity contribution is 9.10. The fourth-order valence-electron chi connectivity index (χ4n) is 5.03.